The van der Waals surface area contributed by atoms with Crippen molar-refractivity contribution >= 4 is 21.6 Å². The maximum Gasteiger partial charge on any atom is 0.240 e. The van der Waals surface area contributed by atoms with E-state index in [0.717, 1.165) is 12.8 Å². The van der Waals surface area contributed by atoms with Crippen LogP contribution >= 0.6 is 0 Å². The topological polar surface area (TPSA) is 75.3 Å². The average molecular weight is 282 g/mol. The number of rotatable bonds is 5. The van der Waals surface area contributed by atoms with E-state index in [1.807, 2.05) is 0 Å². The summed E-state index contributed by atoms with van der Waals surface area (Å²) in [5, 5.41) is 2.72. The summed E-state index contributed by atoms with van der Waals surface area (Å²) in [5.74, 6) is -0.202. The minimum absolute atomic E-state index is 0.0883. The van der Waals surface area contributed by atoms with E-state index in [-0.39, 0.29) is 22.8 Å². The van der Waals surface area contributed by atoms with Crippen molar-refractivity contribution in [3.8, 4) is 0 Å². The molecule has 1 aliphatic rings. The van der Waals surface area contributed by atoms with Gasteiger partial charge in [0.1, 0.15) is 0 Å². The number of benzene rings is 1. The first kappa shape index (κ1) is 14.0. The van der Waals surface area contributed by atoms with Crippen molar-refractivity contribution < 1.29 is 13.2 Å². The summed E-state index contributed by atoms with van der Waals surface area (Å²) in [4.78, 5) is 11.7. The second kappa shape index (κ2) is 5.30. The summed E-state index contributed by atoms with van der Waals surface area (Å²) >= 11 is 0. The standard InChI is InChI=1S/C13H18N2O3S/c1-9(2)13(16)14-10-5-7-12(8-6-10)19(17,18)15-11-3-4-11/h5-9,11,15H,3-4H2,1-2H3,(H,14,16). The quantitative estimate of drug-likeness (QED) is 0.863. The van der Waals surface area contributed by atoms with Gasteiger partial charge in [0, 0.05) is 17.6 Å². The van der Waals surface area contributed by atoms with Crippen LogP contribution in [0.15, 0.2) is 29.2 Å². The maximum absolute atomic E-state index is 11.9. The van der Waals surface area contributed by atoms with Gasteiger partial charge in [-0.15, -0.1) is 0 Å². The Labute approximate surface area is 113 Å². The van der Waals surface area contributed by atoms with Gasteiger partial charge in [-0.25, -0.2) is 13.1 Å². The van der Waals surface area contributed by atoms with Crippen molar-refractivity contribution in [2.45, 2.75) is 37.6 Å². The third kappa shape index (κ3) is 3.78. The largest absolute Gasteiger partial charge is 0.326 e. The van der Waals surface area contributed by atoms with Crippen molar-refractivity contribution in [2.24, 2.45) is 5.92 Å². The van der Waals surface area contributed by atoms with Crippen LogP contribution in [0.1, 0.15) is 26.7 Å². The Morgan fingerprint density at radius 3 is 2.26 bits per heavy atom. The van der Waals surface area contributed by atoms with Gasteiger partial charge in [0.05, 0.1) is 4.90 Å². The van der Waals surface area contributed by atoms with E-state index in [2.05, 4.69) is 10.0 Å². The lowest BCUT2D eigenvalue weighted by atomic mass is 10.2. The number of anilines is 1. The van der Waals surface area contributed by atoms with Gasteiger partial charge >= 0.3 is 0 Å². The molecule has 0 heterocycles. The monoisotopic (exact) mass is 282 g/mol. The molecule has 1 amide bonds. The van der Waals surface area contributed by atoms with Crippen LogP contribution in [-0.2, 0) is 14.8 Å². The fraction of sp³-hybridized carbons (Fsp3) is 0.462. The predicted molar refractivity (Wildman–Crippen MR) is 73.3 cm³/mol. The van der Waals surface area contributed by atoms with E-state index in [4.69, 9.17) is 0 Å². The van der Waals surface area contributed by atoms with Crippen LogP contribution in [0.25, 0.3) is 0 Å². The molecule has 0 spiro atoms. The molecular weight excluding hydrogens is 264 g/mol. The van der Waals surface area contributed by atoms with Gasteiger partial charge in [-0.3, -0.25) is 4.79 Å². The Bertz CT molecular complexity index is 560. The van der Waals surface area contributed by atoms with Gasteiger partial charge < -0.3 is 5.32 Å². The van der Waals surface area contributed by atoms with Crippen molar-refractivity contribution in [3.63, 3.8) is 0 Å². The normalized spacial score (nSPS) is 15.5. The van der Waals surface area contributed by atoms with Crippen LogP contribution in [0.3, 0.4) is 0 Å². The molecule has 0 radical (unpaired) electrons. The van der Waals surface area contributed by atoms with Crippen molar-refractivity contribution in [1.29, 1.82) is 0 Å². The molecule has 0 aromatic heterocycles. The molecular formula is C13H18N2O3S. The molecule has 6 heteroatoms. The summed E-state index contributed by atoms with van der Waals surface area (Å²) in [7, 11) is -3.42. The van der Waals surface area contributed by atoms with E-state index in [1.54, 1.807) is 26.0 Å². The van der Waals surface area contributed by atoms with E-state index < -0.39 is 10.0 Å². The number of sulfonamides is 1. The Morgan fingerprint density at radius 1 is 1.21 bits per heavy atom. The highest BCUT2D eigenvalue weighted by Gasteiger charge is 2.27. The van der Waals surface area contributed by atoms with E-state index in [9.17, 15) is 13.2 Å². The number of hydrogen-bond acceptors (Lipinski definition) is 3. The first-order valence-corrected chi connectivity index (χ1v) is 7.80. The van der Waals surface area contributed by atoms with Gasteiger partial charge in [0.15, 0.2) is 0 Å². The van der Waals surface area contributed by atoms with Crippen LogP contribution in [0, 0.1) is 5.92 Å². The summed E-state index contributed by atoms with van der Waals surface area (Å²) in [6.07, 6.45) is 1.81. The predicted octanol–water partition coefficient (Wildman–Crippen LogP) is 1.72. The summed E-state index contributed by atoms with van der Waals surface area (Å²) in [6, 6.07) is 6.29. The van der Waals surface area contributed by atoms with Gasteiger partial charge in [-0.05, 0) is 37.1 Å². The molecule has 2 rings (SSSR count). The highest BCUT2D eigenvalue weighted by molar-refractivity contribution is 7.89. The molecule has 0 aliphatic heterocycles. The molecule has 2 N–H and O–H groups in total. The zero-order valence-corrected chi connectivity index (χ0v) is 11.8. The third-order valence-electron chi connectivity index (χ3n) is 2.86. The Morgan fingerprint density at radius 2 is 1.79 bits per heavy atom. The second-order valence-corrected chi connectivity index (χ2v) is 6.78. The number of amides is 1. The zero-order valence-electron chi connectivity index (χ0n) is 11.0. The lowest BCUT2D eigenvalue weighted by molar-refractivity contribution is -0.118. The molecule has 104 valence electrons. The third-order valence-corrected chi connectivity index (χ3v) is 4.39. The Hall–Kier alpha value is -1.40. The van der Waals surface area contributed by atoms with Gasteiger partial charge in [0.2, 0.25) is 15.9 Å². The van der Waals surface area contributed by atoms with Crippen LogP contribution in [-0.4, -0.2) is 20.4 Å². The molecule has 1 aromatic carbocycles. The molecule has 19 heavy (non-hydrogen) atoms. The molecule has 0 unspecified atom stereocenters. The lowest BCUT2D eigenvalue weighted by Gasteiger charge is -2.09. The highest BCUT2D eigenvalue weighted by Crippen LogP contribution is 2.22. The van der Waals surface area contributed by atoms with Gasteiger partial charge in [-0.2, -0.15) is 0 Å². The van der Waals surface area contributed by atoms with Crippen LogP contribution in [0.5, 0.6) is 0 Å². The molecule has 1 aromatic rings. The van der Waals surface area contributed by atoms with Gasteiger partial charge in [-0.1, -0.05) is 13.8 Å². The molecule has 5 nitrogen and oxygen atoms in total. The molecule has 1 fully saturated rings. The average Bonchev–Trinajstić information content (AvgIpc) is 3.12. The summed E-state index contributed by atoms with van der Waals surface area (Å²) in [5.41, 5.74) is 0.601. The maximum atomic E-state index is 11.9. The first-order valence-electron chi connectivity index (χ1n) is 6.32. The minimum atomic E-state index is -3.42. The van der Waals surface area contributed by atoms with Crippen LogP contribution in [0.4, 0.5) is 5.69 Å². The molecule has 0 atom stereocenters. The minimum Gasteiger partial charge on any atom is -0.326 e. The van der Waals surface area contributed by atoms with Gasteiger partial charge in [0.25, 0.3) is 0 Å². The van der Waals surface area contributed by atoms with E-state index in [1.165, 1.54) is 12.1 Å². The Kier molecular flexibility index (Phi) is 3.91. The van der Waals surface area contributed by atoms with Crippen molar-refractivity contribution in [1.82, 2.24) is 4.72 Å². The second-order valence-electron chi connectivity index (χ2n) is 5.06. The number of hydrogen-bond donors (Lipinski definition) is 2. The van der Waals surface area contributed by atoms with E-state index in [0.29, 0.717) is 5.69 Å². The number of carbonyl (C=O) groups is 1. The summed E-state index contributed by atoms with van der Waals surface area (Å²) < 4.78 is 26.5. The summed E-state index contributed by atoms with van der Waals surface area (Å²) in [6.45, 7) is 3.60. The van der Waals surface area contributed by atoms with Crippen molar-refractivity contribution in [3.05, 3.63) is 24.3 Å². The van der Waals surface area contributed by atoms with Crippen LogP contribution < -0.4 is 10.0 Å². The molecule has 0 bridgehead atoms. The fourth-order valence-electron chi connectivity index (χ4n) is 1.49. The van der Waals surface area contributed by atoms with E-state index >= 15 is 0 Å². The first-order chi connectivity index (χ1) is 8.88. The Balaban J connectivity index is 2.07. The highest BCUT2D eigenvalue weighted by atomic mass is 32.2. The fourth-order valence-corrected chi connectivity index (χ4v) is 2.80. The van der Waals surface area contributed by atoms with Crippen molar-refractivity contribution in [2.75, 3.05) is 5.32 Å². The molecule has 0 saturated heterocycles. The SMILES string of the molecule is CC(C)C(=O)Nc1ccc(S(=O)(=O)NC2CC2)cc1. The zero-order chi connectivity index (χ0) is 14.0. The number of carbonyl (C=O) groups excluding carboxylic acids is 1. The molecule has 1 aliphatic carbocycles. The smallest absolute Gasteiger partial charge is 0.240 e. The lowest BCUT2D eigenvalue weighted by Crippen LogP contribution is -2.25. The molecule has 1 saturated carbocycles. The number of nitrogens with one attached hydrogen (secondary N) is 2. The van der Waals surface area contributed by atoms with Crippen LogP contribution in [0.2, 0.25) is 0 Å².